The normalized spacial score (nSPS) is 10.6. The number of rotatable bonds is 2. The van der Waals surface area contributed by atoms with Crippen molar-refractivity contribution in [2.45, 2.75) is 13.1 Å². The number of alkyl halides is 3. The van der Waals surface area contributed by atoms with E-state index in [-0.39, 0.29) is 12.2 Å². The molecule has 0 aliphatic rings. The number of nitrogens with one attached hydrogen (secondary N) is 1. The van der Waals surface area contributed by atoms with Gasteiger partial charge in [-0.05, 0) is 25.1 Å². The third-order valence-corrected chi connectivity index (χ3v) is 2.32. The molecule has 1 N–H and O–H groups in total. The molecule has 0 heterocycles. The molecule has 0 radical (unpaired) electrons. The summed E-state index contributed by atoms with van der Waals surface area (Å²) in [5.74, 6) is 5.25. The van der Waals surface area contributed by atoms with Gasteiger partial charge in [-0.15, -0.1) is 5.92 Å². The Balaban J connectivity index is 3.02. The van der Waals surface area contributed by atoms with Crippen molar-refractivity contribution in [3.8, 4) is 11.8 Å². The van der Waals surface area contributed by atoms with Gasteiger partial charge in [-0.3, -0.25) is 0 Å². The Bertz CT molecular complexity index is 429. The van der Waals surface area contributed by atoms with Crippen LogP contribution in [0, 0.1) is 11.8 Å². The minimum absolute atomic E-state index is 0.0402. The highest BCUT2D eigenvalue weighted by Gasteiger charge is 2.33. The van der Waals surface area contributed by atoms with Crippen LogP contribution < -0.4 is 5.32 Å². The van der Waals surface area contributed by atoms with Crippen molar-refractivity contribution >= 4 is 21.6 Å². The van der Waals surface area contributed by atoms with Gasteiger partial charge >= 0.3 is 6.18 Å². The van der Waals surface area contributed by atoms with Crippen molar-refractivity contribution in [3.05, 3.63) is 28.2 Å². The maximum atomic E-state index is 12.6. The first-order valence-electron chi connectivity index (χ1n) is 4.45. The molecule has 0 unspecified atom stereocenters. The van der Waals surface area contributed by atoms with E-state index in [1.807, 2.05) is 0 Å². The average molecular weight is 292 g/mol. The lowest BCUT2D eigenvalue weighted by molar-refractivity contribution is -0.137. The fourth-order valence-corrected chi connectivity index (χ4v) is 1.49. The van der Waals surface area contributed by atoms with E-state index < -0.39 is 11.7 Å². The topological polar surface area (TPSA) is 12.0 Å². The van der Waals surface area contributed by atoms with Crippen LogP contribution in [0.25, 0.3) is 0 Å². The zero-order chi connectivity index (χ0) is 12.2. The highest BCUT2D eigenvalue weighted by molar-refractivity contribution is 9.10. The Morgan fingerprint density at radius 1 is 1.38 bits per heavy atom. The van der Waals surface area contributed by atoms with Gasteiger partial charge < -0.3 is 5.32 Å². The van der Waals surface area contributed by atoms with Crippen LogP contribution in [-0.2, 0) is 6.18 Å². The zero-order valence-electron chi connectivity index (χ0n) is 8.45. The summed E-state index contributed by atoms with van der Waals surface area (Å²) in [6.45, 7) is 1.83. The molecule has 1 rings (SSSR count). The molecule has 0 spiro atoms. The Morgan fingerprint density at radius 3 is 2.62 bits per heavy atom. The second-order valence-electron chi connectivity index (χ2n) is 2.97. The summed E-state index contributed by atoms with van der Waals surface area (Å²) in [5, 5.41) is 2.63. The van der Waals surface area contributed by atoms with E-state index >= 15 is 0 Å². The van der Waals surface area contributed by atoms with Crippen LogP contribution in [0.2, 0.25) is 0 Å². The van der Waals surface area contributed by atoms with Crippen LogP contribution in [0.15, 0.2) is 22.7 Å². The molecular weight excluding hydrogens is 283 g/mol. The molecule has 0 amide bonds. The summed E-state index contributed by atoms with van der Waals surface area (Å²) in [6.07, 6.45) is -4.37. The van der Waals surface area contributed by atoms with Crippen molar-refractivity contribution in [2.75, 3.05) is 11.9 Å². The van der Waals surface area contributed by atoms with Gasteiger partial charge in [-0.25, -0.2) is 0 Å². The molecule has 1 aromatic carbocycles. The summed E-state index contributed by atoms with van der Waals surface area (Å²) in [4.78, 5) is 0. The van der Waals surface area contributed by atoms with E-state index in [9.17, 15) is 13.2 Å². The third-order valence-electron chi connectivity index (χ3n) is 1.83. The van der Waals surface area contributed by atoms with Gasteiger partial charge in [0.2, 0.25) is 0 Å². The molecular formula is C11H9BrF3N. The van der Waals surface area contributed by atoms with Crippen molar-refractivity contribution in [1.29, 1.82) is 0 Å². The van der Waals surface area contributed by atoms with Crippen LogP contribution in [0.4, 0.5) is 18.9 Å². The number of anilines is 1. The molecule has 0 aliphatic carbocycles. The van der Waals surface area contributed by atoms with Crippen molar-refractivity contribution in [1.82, 2.24) is 0 Å². The smallest absolute Gasteiger partial charge is 0.374 e. The molecule has 0 aliphatic heterocycles. The second kappa shape index (κ2) is 5.26. The minimum Gasteiger partial charge on any atom is -0.374 e. The monoisotopic (exact) mass is 291 g/mol. The van der Waals surface area contributed by atoms with Gasteiger partial charge in [0, 0.05) is 10.2 Å². The van der Waals surface area contributed by atoms with Crippen molar-refractivity contribution in [3.63, 3.8) is 0 Å². The lowest BCUT2D eigenvalue weighted by Crippen LogP contribution is -2.11. The predicted octanol–water partition coefficient (Wildman–Crippen LogP) is 3.90. The van der Waals surface area contributed by atoms with Crippen LogP contribution in [-0.4, -0.2) is 6.54 Å². The molecule has 86 valence electrons. The predicted molar refractivity (Wildman–Crippen MR) is 61.1 cm³/mol. The fraction of sp³-hybridized carbons (Fsp3) is 0.273. The highest BCUT2D eigenvalue weighted by atomic mass is 79.9. The Labute approximate surface area is 100 Å². The van der Waals surface area contributed by atoms with E-state index in [0.29, 0.717) is 4.47 Å². The number of hydrogen-bond donors (Lipinski definition) is 1. The van der Waals surface area contributed by atoms with Gasteiger partial charge in [0.05, 0.1) is 12.1 Å². The van der Waals surface area contributed by atoms with Crippen molar-refractivity contribution in [2.24, 2.45) is 0 Å². The molecule has 0 atom stereocenters. The summed E-state index contributed by atoms with van der Waals surface area (Å²) in [7, 11) is 0. The summed E-state index contributed by atoms with van der Waals surface area (Å²) in [6, 6.07) is 3.98. The Morgan fingerprint density at radius 2 is 2.06 bits per heavy atom. The maximum Gasteiger partial charge on any atom is 0.418 e. The molecule has 5 heteroatoms. The number of hydrogen-bond acceptors (Lipinski definition) is 1. The van der Waals surface area contributed by atoms with Crippen LogP contribution >= 0.6 is 15.9 Å². The standard InChI is InChI=1S/C11H9BrF3N/c1-2-3-6-16-10-5-4-8(12)7-9(10)11(13,14)15/h4-5,7,16H,6H2,1H3. The largest absolute Gasteiger partial charge is 0.418 e. The maximum absolute atomic E-state index is 12.6. The SMILES string of the molecule is CC#CCNc1ccc(Br)cc1C(F)(F)F. The van der Waals surface area contributed by atoms with Crippen molar-refractivity contribution < 1.29 is 13.2 Å². The van der Waals surface area contributed by atoms with E-state index in [2.05, 4.69) is 33.1 Å². The molecule has 16 heavy (non-hydrogen) atoms. The number of benzene rings is 1. The second-order valence-corrected chi connectivity index (χ2v) is 3.88. The summed E-state index contributed by atoms with van der Waals surface area (Å²) >= 11 is 3.01. The first-order chi connectivity index (χ1) is 7.45. The van der Waals surface area contributed by atoms with Crippen LogP contribution in [0.1, 0.15) is 12.5 Å². The fourth-order valence-electron chi connectivity index (χ4n) is 1.13. The van der Waals surface area contributed by atoms with E-state index in [4.69, 9.17) is 0 Å². The van der Waals surface area contributed by atoms with Gasteiger partial charge in [-0.2, -0.15) is 13.2 Å². The Kier molecular flexibility index (Phi) is 4.25. The molecule has 0 bridgehead atoms. The van der Waals surface area contributed by atoms with E-state index in [0.717, 1.165) is 6.07 Å². The molecule has 0 fully saturated rings. The van der Waals surface area contributed by atoms with E-state index in [1.54, 1.807) is 13.0 Å². The first-order valence-corrected chi connectivity index (χ1v) is 5.24. The van der Waals surface area contributed by atoms with Crippen LogP contribution in [0.3, 0.4) is 0 Å². The lowest BCUT2D eigenvalue weighted by atomic mass is 10.1. The highest BCUT2D eigenvalue weighted by Crippen LogP contribution is 2.36. The first kappa shape index (κ1) is 12.9. The van der Waals surface area contributed by atoms with Crippen LogP contribution in [0.5, 0.6) is 0 Å². The molecule has 1 aromatic rings. The quantitative estimate of drug-likeness (QED) is 0.815. The average Bonchev–Trinajstić information content (AvgIpc) is 2.19. The number of halogens is 4. The van der Waals surface area contributed by atoms with E-state index in [1.165, 1.54) is 6.07 Å². The summed E-state index contributed by atoms with van der Waals surface area (Å²) in [5.41, 5.74) is -0.654. The molecule has 0 saturated heterocycles. The minimum atomic E-state index is -4.37. The van der Waals surface area contributed by atoms with Gasteiger partial charge in [0.1, 0.15) is 0 Å². The molecule has 0 aromatic heterocycles. The van der Waals surface area contributed by atoms with Gasteiger partial charge in [0.25, 0.3) is 0 Å². The molecule has 1 nitrogen and oxygen atoms in total. The lowest BCUT2D eigenvalue weighted by Gasteiger charge is -2.13. The molecule has 0 saturated carbocycles. The van der Waals surface area contributed by atoms with Gasteiger partial charge in [0.15, 0.2) is 0 Å². The summed E-state index contributed by atoms with van der Waals surface area (Å²) < 4.78 is 38.3. The zero-order valence-corrected chi connectivity index (χ0v) is 10.0. The third kappa shape index (κ3) is 3.46. The van der Waals surface area contributed by atoms with Gasteiger partial charge in [-0.1, -0.05) is 21.9 Å². The Hall–Kier alpha value is -1.15.